The first-order valence-electron chi connectivity index (χ1n) is 9.46. The number of pyridine rings is 3. The van der Waals surface area contributed by atoms with Crippen LogP contribution in [0.5, 0.6) is 0 Å². The smallest absolute Gasteiger partial charge is 0.0900 e. The number of hydrogen-bond donors (Lipinski definition) is 0. The van der Waals surface area contributed by atoms with E-state index in [1.807, 2.05) is 36.4 Å². The summed E-state index contributed by atoms with van der Waals surface area (Å²) in [5.41, 5.74) is 7.12. The maximum Gasteiger partial charge on any atom is 0.0900 e. The molecular formula is C25H23N3. The first-order chi connectivity index (χ1) is 13.5. The fourth-order valence-corrected chi connectivity index (χ4v) is 3.15. The summed E-state index contributed by atoms with van der Waals surface area (Å²) in [6.07, 6.45) is 3.59. The van der Waals surface area contributed by atoms with Gasteiger partial charge in [0.25, 0.3) is 0 Å². The van der Waals surface area contributed by atoms with E-state index in [0.29, 0.717) is 0 Å². The highest BCUT2D eigenvalue weighted by molar-refractivity contribution is 5.74. The minimum absolute atomic E-state index is 0.134. The predicted molar refractivity (Wildman–Crippen MR) is 115 cm³/mol. The van der Waals surface area contributed by atoms with Crippen LogP contribution in [0.4, 0.5) is 0 Å². The summed E-state index contributed by atoms with van der Waals surface area (Å²) in [7, 11) is 0. The van der Waals surface area contributed by atoms with E-state index in [2.05, 4.69) is 67.1 Å². The molecule has 0 saturated carbocycles. The van der Waals surface area contributed by atoms with Gasteiger partial charge in [0, 0.05) is 12.4 Å². The van der Waals surface area contributed by atoms with Crippen molar-refractivity contribution in [1.82, 2.24) is 15.0 Å². The third-order valence-electron chi connectivity index (χ3n) is 4.76. The van der Waals surface area contributed by atoms with Gasteiger partial charge in [-0.3, -0.25) is 9.97 Å². The summed E-state index contributed by atoms with van der Waals surface area (Å²) in [5.74, 6) is 0. The normalized spacial score (nSPS) is 11.4. The Morgan fingerprint density at radius 1 is 0.571 bits per heavy atom. The summed E-state index contributed by atoms with van der Waals surface area (Å²) < 4.78 is 0. The molecule has 0 aliphatic carbocycles. The molecule has 1 aromatic carbocycles. The van der Waals surface area contributed by atoms with Crippen LogP contribution >= 0.6 is 0 Å². The van der Waals surface area contributed by atoms with Crippen molar-refractivity contribution in [2.24, 2.45) is 0 Å². The van der Waals surface area contributed by atoms with E-state index in [1.165, 1.54) is 5.56 Å². The Balaban J connectivity index is 1.85. The molecule has 0 aliphatic rings. The van der Waals surface area contributed by atoms with Crippen LogP contribution in [0.1, 0.15) is 26.3 Å². The third kappa shape index (κ3) is 3.84. The van der Waals surface area contributed by atoms with Crippen molar-refractivity contribution < 1.29 is 0 Å². The van der Waals surface area contributed by atoms with E-state index in [1.54, 1.807) is 12.4 Å². The summed E-state index contributed by atoms with van der Waals surface area (Å²) in [5, 5.41) is 0. The molecule has 28 heavy (non-hydrogen) atoms. The van der Waals surface area contributed by atoms with E-state index in [0.717, 1.165) is 33.9 Å². The van der Waals surface area contributed by atoms with Crippen LogP contribution < -0.4 is 0 Å². The number of hydrogen-bond acceptors (Lipinski definition) is 3. The average molecular weight is 365 g/mol. The SMILES string of the molecule is CC(C)(C)c1ccc(-c2cc(-c3ccccn3)nc(-c3ccccn3)c2)cc1. The zero-order chi connectivity index (χ0) is 19.6. The molecule has 3 heteroatoms. The molecule has 0 bridgehead atoms. The van der Waals surface area contributed by atoms with Crippen LogP contribution in [0.25, 0.3) is 33.9 Å². The first kappa shape index (κ1) is 18.1. The van der Waals surface area contributed by atoms with Crippen molar-refractivity contribution in [3.8, 4) is 33.9 Å². The second-order valence-electron chi connectivity index (χ2n) is 7.88. The Morgan fingerprint density at radius 3 is 1.54 bits per heavy atom. The maximum atomic E-state index is 4.83. The molecule has 4 aromatic rings. The summed E-state index contributed by atoms with van der Waals surface area (Å²) >= 11 is 0. The second kappa shape index (κ2) is 7.35. The highest BCUT2D eigenvalue weighted by Crippen LogP contribution is 2.30. The molecule has 0 aliphatic heterocycles. The summed E-state index contributed by atoms with van der Waals surface area (Å²) in [6.45, 7) is 6.69. The Morgan fingerprint density at radius 2 is 1.11 bits per heavy atom. The van der Waals surface area contributed by atoms with Crippen LogP contribution in [-0.4, -0.2) is 15.0 Å². The fraction of sp³-hybridized carbons (Fsp3) is 0.160. The highest BCUT2D eigenvalue weighted by Gasteiger charge is 2.14. The Hall–Kier alpha value is -3.33. The zero-order valence-electron chi connectivity index (χ0n) is 16.4. The third-order valence-corrected chi connectivity index (χ3v) is 4.76. The molecule has 0 fully saturated rings. The zero-order valence-corrected chi connectivity index (χ0v) is 16.4. The average Bonchev–Trinajstić information content (AvgIpc) is 2.74. The number of aromatic nitrogens is 3. The van der Waals surface area contributed by atoms with Gasteiger partial charge in [-0.1, -0.05) is 57.2 Å². The van der Waals surface area contributed by atoms with Crippen molar-refractivity contribution in [3.05, 3.63) is 90.8 Å². The molecule has 0 atom stereocenters. The lowest BCUT2D eigenvalue weighted by Crippen LogP contribution is -2.10. The van der Waals surface area contributed by atoms with Gasteiger partial charge in [-0.05, 0) is 58.5 Å². The molecule has 0 radical (unpaired) electrons. The molecular weight excluding hydrogens is 342 g/mol. The lowest BCUT2D eigenvalue weighted by Gasteiger charge is -2.19. The van der Waals surface area contributed by atoms with Gasteiger partial charge in [0.15, 0.2) is 0 Å². The van der Waals surface area contributed by atoms with Crippen molar-refractivity contribution in [2.45, 2.75) is 26.2 Å². The largest absolute Gasteiger partial charge is 0.255 e. The van der Waals surface area contributed by atoms with E-state index < -0.39 is 0 Å². The molecule has 0 N–H and O–H groups in total. The Kier molecular flexibility index (Phi) is 4.74. The van der Waals surface area contributed by atoms with Crippen LogP contribution in [0.3, 0.4) is 0 Å². The minimum Gasteiger partial charge on any atom is -0.255 e. The number of nitrogens with zero attached hydrogens (tertiary/aromatic N) is 3. The lowest BCUT2D eigenvalue weighted by molar-refractivity contribution is 0.590. The van der Waals surface area contributed by atoms with Crippen molar-refractivity contribution in [3.63, 3.8) is 0 Å². The first-order valence-corrected chi connectivity index (χ1v) is 9.46. The highest BCUT2D eigenvalue weighted by atomic mass is 14.8. The van der Waals surface area contributed by atoms with E-state index >= 15 is 0 Å². The predicted octanol–water partition coefficient (Wildman–Crippen LogP) is 6.17. The van der Waals surface area contributed by atoms with Gasteiger partial charge >= 0.3 is 0 Å². The standard InChI is InChI=1S/C25H23N3/c1-25(2,3)20-12-10-18(11-13-20)19-16-23(21-8-4-6-14-26-21)28-24(17-19)22-9-5-7-15-27-22/h4-17H,1-3H3. The van der Waals surface area contributed by atoms with Crippen molar-refractivity contribution >= 4 is 0 Å². The van der Waals surface area contributed by atoms with Gasteiger partial charge in [0.1, 0.15) is 0 Å². The monoisotopic (exact) mass is 365 g/mol. The molecule has 3 nitrogen and oxygen atoms in total. The topological polar surface area (TPSA) is 38.7 Å². The molecule has 3 heterocycles. The van der Waals surface area contributed by atoms with Crippen molar-refractivity contribution in [2.75, 3.05) is 0 Å². The van der Waals surface area contributed by atoms with Crippen molar-refractivity contribution in [1.29, 1.82) is 0 Å². The molecule has 0 amide bonds. The van der Waals surface area contributed by atoms with Gasteiger partial charge in [-0.2, -0.15) is 0 Å². The van der Waals surface area contributed by atoms with Crippen LogP contribution in [0, 0.1) is 0 Å². The molecule has 138 valence electrons. The number of rotatable bonds is 3. The lowest BCUT2D eigenvalue weighted by atomic mass is 9.86. The van der Waals surface area contributed by atoms with Gasteiger partial charge in [-0.15, -0.1) is 0 Å². The van der Waals surface area contributed by atoms with E-state index in [4.69, 9.17) is 4.98 Å². The Labute approximate surface area is 166 Å². The molecule has 0 saturated heterocycles. The Bertz CT molecular complexity index is 1010. The molecule has 4 rings (SSSR count). The molecule has 0 unspecified atom stereocenters. The van der Waals surface area contributed by atoms with E-state index in [9.17, 15) is 0 Å². The molecule has 0 spiro atoms. The van der Waals surface area contributed by atoms with E-state index in [-0.39, 0.29) is 5.41 Å². The minimum atomic E-state index is 0.134. The van der Waals surface area contributed by atoms with Gasteiger partial charge < -0.3 is 0 Å². The fourth-order valence-electron chi connectivity index (χ4n) is 3.15. The summed E-state index contributed by atoms with van der Waals surface area (Å²) in [6, 6.07) is 24.7. The molecule has 3 aromatic heterocycles. The summed E-state index contributed by atoms with van der Waals surface area (Å²) in [4.78, 5) is 13.8. The number of benzene rings is 1. The van der Waals surface area contributed by atoms with Gasteiger partial charge in [0.05, 0.1) is 22.8 Å². The van der Waals surface area contributed by atoms with Gasteiger partial charge in [0.2, 0.25) is 0 Å². The second-order valence-corrected chi connectivity index (χ2v) is 7.88. The van der Waals surface area contributed by atoms with Crippen LogP contribution in [0.2, 0.25) is 0 Å². The van der Waals surface area contributed by atoms with Gasteiger partial charge in [-0.25, -0.2) is 4.98 Å². The quantitative estimate of drug-likeness (QED) is 0.436. The van der Waals surface area contributed by atoms with Crippen LogP contribution in [-0.2, 0) is 5.41 Å². The maximum absolute atomic E-state index is 4.83. The van der Waals surface area contributed by atoms with Crippen LogP contribution in [0.15, 0.2) is 85.2 Å².